The SMILES string of the molecule is Cc1ccc(C)c(NC(=O)CSC2=C(C#N)C(c3cccs3)C3=C(CC(C)(C)CC3=O)N2)c1. The molecule has 0 saturated carbocycles. The monoisotopic (exact) mass is 477 g/mol. The van der Waals surface area contributed by atoms with Crippen LogP contribution < -0.4 is 10.6 Å². The van der Waals surface area contributed by atoms with Gasteiger partial charge in [-0.1, -0.05) is 43.8 Å². The van der Waals surface area contributed by atoms with Crippen molar-refractivity contribution in [3.63, 3.8) is 0 Å². The average Bonchev–Trinajstić information content (AvgIpc) is 3.27. The highest BCUT2D eigenvalue weighted by Crippen LogP contribution is 2.48. The lowest BCUT2D eigenvalue weighted by Gasteiger charge is -2.38. The third kappa shape index (κ3) is 4.92. The van der Waals surface area contributed by atoms with E-state index in [1.54, 1.807) is 11.3 Å². The van der Waals surface area contributed by atoms with Gasteiger partial charge in [-0.3, -0.25) is 9.59 Å². The molecule has 0 bridgehead atoms. The summed E-state index contributed by atoms with van der Waals surface area (Å²) in [5.74, 6) is -0.248. The third-order valence-electron chi connectivity index (χ3n) is 5.97. The number of ketones is 1. The predicted molar refractivity (Wildman–Crippen MR) is 135 cm³/mol. The van der Waals surface area contributed by atoms with Gasteiger partial charge in [0.15, 0.2) is 5.78 Å². The summed E-state index contributed by atoms with van der Waals surface area (Å²) in [6, 6.07) is 12.2. The number of dihydropyridines is 1. The van der Waals surface area contributed by atoms with Crippen molar-refractivity contribution in [1.29, 1.82) is 5.26 Å². The lowest BCUT2D eigenvalue weighted by atomic mass is 9.70. The Kier molecular flexibility index (Phi) is 6.51. The second kappa shape index (κ2) is 9.20. The first-order valence-electron chi connectivity index (χ1n) is 10.9. The van der Waals surface area contributed by atoms with Crippen LogP contribution in [0.1, 0.15) is 48.6 Å². The van der Waals surface area contributed by atoms with E-state index in [9.17, 15) is 14.9 Å². The number of carbonyl (C=O) groups excluding carboxylic acids is 2. The summed E-state index contributed by atoms with van der Waals surface area (Å²) < 4.78 is 0. The van der Waals surface area contributed by atoms with Crippen molar-refractivity contribution in [3.05, 3.63) is 73.6 Å². The molecular formula is C26H27N3O2S2. The van der Waals surface area contributed by atoms with E-state index in [-0.39, 0.29) is 28.8 Å². The van der Waals surface area contributed by atoms with E-state index in [2.05, 4.69) is 30.6 Å². The summed E-state index contributed by atoms with van der Waals surface area (Å²) in [6.45, 7) is 8.13. The van der Waals surface area contributed by atoms with Crippen LogP contribution >= 0.6 is 23.1 Å². The fraction of sp³-hybridized carbons (Fsp3) is 0.346. The Morgan fingerprint density at radius 1 is 1.30 bits per heavy atom. The van der Waals surface area contributed by atoms with Crippen molar-refractivity contribution < 1.29 is 9.59 Å². The number of thiophene rings is 1. The van der Waals surface area contributed by atoms with E-state index in [4.69, 9.17) is 0 Å². The van der Waals surface area contributed by atoms with Crippen LogP contribution in [-0.4, -0.2) is 17.4 Å². The molecule has 2 aliphatic rings. The Morgan fingerprint density at radius 2 is 2.09 bits per heavy atom. The van der Waals surface area contributed by atoms with E-state index in [1.807, 2.05) is 49.6 Å². The number of carbonyl (C=O) groups is 2. The first-order valence-corrected chi connectivity index (χ1v) is 12.8. The molecule has 2 heterocycles. The maximum atomic E-state index is 13.2. The topological polar surface area (TPSA) is 82.0 Å². The molecule has 1 aliphatic carbocycles. The largest absolute Gasteiger partial charge is 0.352 e. The number of aryl methyl sites for hydroxylation is 2. The standard InChI is InChI=1S/C26H27N3O2S2/c1-15-7-8-16(2)18(10-15)28-22(31)14-33-25-17(13-27)23(21-6-5-9-32-21)24-19(29-25)11-26(3,4)12-20(24)30/h5-10,23,29H,11-12,14H2,1-4H3,(H,28,31). The van der Waals surface area contributed by atoms with Crippen LogP contribution in [0.2, 0.25) is 0 Å². The number of hydrogen-bond acceptors (Lipinski definition) is 6. The Labute approximate surface area is 203 Å². The lowest BCUT2D eigenvalue weighted by molar-refractivity contribution is -0.118. The summed E-state index contributed by atoms with van der Waals surface area (Å²) in [5.41, 5.74) is 4.82. The minimum absolute atomic E-state index is 0.0941. The number of nitrogens with zero attached hydrogens (tertiary/aromatic N) is 1. The Bertz CT molecular complexity index is 1220. The van der Waals surface area contributed by atoms with Crippen LogP contribution in [0.5, 0.6) is 0 Å². The molecule has 1 atom stereocenters. The molecule has 1 amide bonds. The first kappa shape index (κ1) is 23.3. The Balaban J connectivity index is 1.61. The van der Waals surface area contributed by atoms with Gasteiger partial charge in [0.05, 0.1) is 28.3 Å². The van der Waals surface area contributed by atoms with Crippen molar-refractivity contribution in [3.8, 4) is 6.07 Å². The van der Waals surface area contributed by atoms with Crippen LogP contribution in [0.25, 0.3) is 0 Å². The van der Waals surface area contributed by atoms with Gasteiger partial charge < -0.3 is 10.6 Å². The number of nitrogens with one attached hydrogen (secondary N) is 2. The van der Waals surface area contributed by atoms with Crippen molar-refractivity contribution >= 4 is 40.5 Å². The molecule has 1 aliphatic heterocycles. The molecule has 2 N–H and O–H groups in total. The predicted octanol–water partition coefficient (Wildman–Crippen LogP) is 5.80. The fourth-order valence-electron chi connectivity index (χ4n) is 4.42. The molecule has 0 fully saturated rings. The van der Waals surface area contributed by atoms with Crippen molar-refractivity contribution in [1.82, 2.24) is 5.32 Å². The molecule has 4 rings (SSSR count). The summed E-state index contributed by atoms with van der Waals surface area (Å²) in [5, 5.41) is 19.1. The van der Waals surface area contributed by atoms with E-state index < -0.39 is 0 Å². The number of rotatable bonds is 5. The van der Waals surface area contributed by atoms with Crippen LogP contribution in [-0.2, 0) is 9.59 Å². The van der Waals surface area contributed by atoms with Gasteiger partial charge in [0.25, 0.3) is 0 Å². The van der Waals surface area contributed by atoms with Gasteiger partial charge in [0.1, 0.15) is 0 Å². The van der Waals surface area contributed by atoms with Crippen molar-refractivity contribution in [2.75, 3.05) is 11.1 Å². The zero-order valence-electron chi connectivity index (χ0n) is 19.2. The van der Waals surface area contributed by atoms with Gasteiger partial charge in [0, 0.05) is 28.3 Å². The third-order valence-corrected chi connectivity index (χ3v) is 7.92. The van der Waals surface area contributed by atoms with Gasteiger partial charge in [-0.25, -0.2) is 0 Å². The number of amides is 1. The fourth-order valence-corrected chi connectivity index (χ4v) is 6.13. The Morgan fingerprint density at radius 3 is 2.79 bits per heavy atom. The molecule has 7 heteroatoms. The molecule has 0 radical (unpaired) electrons. The number of hydrogen-bond donors (Lipinski definition) is 2. The molecule has 1 aromatic carbocycles. The first-order chi connectivity index (χ1) is 15.7. The van der Waals surface area contributed by atoms with E-state index in [0.29, 0.717) is 22.6 Å². The molecule has 2 aromatic rings. The van der Waals surface area contributed by atoms with Gasteiger partial charge >= 0.3 is 0 Å². The van der Waals surface area contributed by atoms with E-state index >= 15 is 0 Å². The van der Waals surface area contributed by atoms with Crippen LogP contribution in [0.15, 0.2) is 57.6 Å². The lowest BCUT2D eigenvalue weighted by Crippen LogP contribution is -2.36. The normalized spacial score (nSPS) is 19.6. The summed E-state index contributed by atoms with van der Waals surface area (Å²) in [4.78, 5) is 26.9. The minimum atomic E-state index is -0.376. The smallest absolute Gasteiger partial charge is 0.234 e. The van der Waals surface area contributed by atoms with Gasteiger partial charge in [-0.15, -0.1) is 11.3 Å². The number of allylic oxidation sites excluding steroid dienone is 3. The summed E-state index contributed by atoms with van der Waals surface area (Å²) in [7, 11) is 0. The van der Waals surface area contributed by atoms with Crippen molar-refractivity contribution in [2.45, 2.75) is 46.5 Å². The molecule has 5 nitrogen and oxygen atoms in total. The highest BCUT2D eigenvalue weighted by molar-refractivity contribution is 8.03. The second-order valence-corrected chi connectivity index (χ2v) is 11.4. The number of thioether (sulfide) groups is 1. The minimum Gasteiger partial charge on any atom is -0.352 e. The number of benzene rings is 1. The molecule has 1 unspecified atom stereocenters. The van der Waals surface area contributed by atoms with Crippen molar-refractivity contribution in [2.24, 2.45) is 5.41 Å². The Hall–Kier alpha value is -2.82. The number of nitriles is 1. The number of Topliss-reactive ketones (excluding diaryl/α,β-unsaturated/α-hetero) is 1. The molecular weight excluding hydrogens is 450 g/mol. The van der Waals surface area contributed by atoms with E-state index in [0.717, 1.165) is 33.8 Å². The van der Waals surface area contributed by atoms with Gasteiger partial charge in [0.2, 0.25) is 5.91 Å². The van der Waals surface area contributed by atoms with Crippen LogP contribution in [0.3, 0.4) is 0 Å². The van der Waals surface area contributed by atoms with Gasteiger partial charge in [-0.2, -0.15) is 5.26 Å². The van der Waals surface area contributed by atoms with Crippen LogP contribution in [0.4, 0.5) is 5.69 Å². The maximum absolute atomic E-state index is 13.2. The molecule has 170 valence electrons. The highest BCUT2D eigenvalue weighted by atomic mass is 32.2. The quantitative estimate of drug-likeness (QED) is 0.569. The second-order valence-electron chi connectivity index (χ2n) is 9.42. The van der Waals surface area contributed by atoms with Crippen LogP contribution in [0, 0.1) is 30.6 Å². The summed E-state index contributed by atoms with van der Waals surface area (Å²) in [6.07, 6.45) is 1.20. The highest BCUT2D eigenvalue weighted by Gasteiger charge is 2.42. The zero-order chi connectivity index (χ0) is 23.8. The molecule has 0 spiro atoms. The summed E-state index contributed by atoms with van der Waals surface area (Å²) >= 11 is 2.87. The number of anilines is 1. The average molecular weight is 478 g/mol. The van der Waals surface area contributed by atoms with Gasteiger partial charge in [-0.05, 0) is 54.3 Å². The zero-order valence-corrected chi connectivity index (χ0v) is 20.9. The van der Waals surface area contributed by atoms with E-state index in [1.165, 1.54) is 11.8 Å². The molecule has 33 heavy (non-hydrogen) atoms. The molecule has 0 saturated heterocycles. The maximum Gasteiger partial charge on any atom is 0.234 e. The molecule has 1 aromatic heterocycles.